The number of methoxy groups -OCH3 is 2. The molecule has 3 aromatic carbocycles. The first-order valence-corrected chi connectivity index (χ1v) is 12.3. The fourth-order valence-corrected chi connectivity index (χ4v) is 5.02. The van der Waals surface area contributed by atoms with Gasteiger partial charge in [0.05, 0.1) is 20.3 Å². The van der Waals surface area contributed by atoms with E-state index in [1.807, 2.05) is 78.9 Å². The minimum Gasteiger partial charge on any atom is -0.492 e. The van der Waals surface area contributed by atoms with Crippen molar-refractivity contribution in [2.75, 3.05) is 19.1 Å². The molecule has 8 nitrogen and oxygen atoms in total. The lowest BCUT2D eigenvalue weighted by atomic mass is 9.86. The lowest BCUT2D eigenvalue weighted by molar-refractivity contribution is -0.129. The van der Waals surface area contributed by atoms with Crippen molar-refractivity contribution in [3.8, 4) is 29.0 Å². The largest absolute Gasteiger partial charge is 0.492 e. The van der Waals surface area contributed by atoms with Gasteiger partial charge in [0.1, 0.15) is 18.4 Å². The van der Waals surface area contributed by atoms with Gasteiger partial charge >= 0.3 is 0 Å². The second-order valence-corrected chi connectivity index (χ2v) is 9.39. The molecule has 4 aromatic rings. The molecular weight excluding hydrogens is 540 g/mol. The van der Waals surface area contributed by atoms with Crippen LogP contribution in [0, 0.1) is 0 Å². The third kappa shape index (κ3) is 4.25. The highest BCUT2D eigenvalue weighted by atomic mass is 79.9. The minimum absolute atomic E-state index is 0.0546. The van der Waals surface area contributed by atoms with Crippen molar-refractivity contribution >= 4 is 27.5 Å². The number of halogens is 1. The molecule has 1 fully saturated rings. The molecule has 2 atom stereocenters. The molecule has 2 N–H and O–H groups in total. The van der Waals surface area contributed by atoms with Crippen LogP contribution in [0.25, 0.3) is 0 Å². The zero-order chi connectivity index (χ0) is 26.1. The predicted octanol–water partition coefficient (Wildman–Crippen LogP) is 5.59. The average molecular weight is 565 g/mol. The van der Waals surface area contributed by atoms with Crippen molar-refractivity contribution in [3.63, 3.8) is 0 Å². The quantitative estimate of drug-likeness (QED) is 0.271. The Bertz CT molecular complexity index is 1400. The number of amides is 1. The molecule has 1 aromatic heterocycles. The van der Waals surface area contributed by atoms with Crippen molar-refractivity contribution in [1.29, 1.82) is 0 Å². The number of para-hydroxylation sites is 1. The van der Waals surface area contributed by atoms with Crippen molar-refractivity contribution < 1.29 is 29.2 Å². The summed E-state index contributed by atoms with van der Waals surface area (Å²) in [6, 6.07) is 23.0. The molecule has 1 saturated heterocycles. The molecule has 0 spiro atoms. The van der Waals surface area contributed by atoms with Crippen molar-refractivity contribution in [1.82, 2.24) is 4.57 Å². The SMILES string of the molecule is COc1c(OC)c(O)n(C2C(=O)N(c3ccccc3)[C@@H]2c2ccc(Br)cc2OCc2ccccc2)c1O. The van der Waals surface area contributed by atoms with Gasteiger partial charge in [-0.2, -0.15) is 0 Å². The summed E-state index contributed by atoms with van der Waals surface area (Å²) in [5, 5.41) is 21.9. The van der Waals surface area contributed by atoms with Crippen LogP contribution in [0.1, 0.15) is 23.2 Å². The molecular formula is C28H25BrN2O6. The first-order chi connectivity index (χ1) is 18.0. The van der Waals surface area contributed by atoms with Crippen LogP contribution in [0.4, 0.5) is 5.69 Å². The van der Waals surface area contributed by atoms with Gasteiger partial charge < -0.3 is 29.3 Å². The Morgan fingerprint density at radius 2 is 1.43 bits per heavy atom. The summed E-state index contributed by atoms with van der Waals surface area (Å²) in [6.45, 7) is 0.322. The molecule has 1 unspecified atom stereocenters. The number of nitrogens with zero attached hydrogens (tertiary/aromatic N) is 2. The second kappa shape index (κ2) is 10.1. The summed E-state index contributed by atoms with van der Waals surface area (Å²) >= 11 is 3.52. The molecule has 190 valence electrons. The van der Waals surface area contributed by atoms with Gasteiger partial charge in [0, 0.05) is 15.7 Å². The number of β-lactam (4-membered cyclic amide) rings is 1. The Balaban J connectivity index is 1.63. The summed E-state index contributed by atoms with van der Waals surface area (Å²) in [6.07, 6.45) is 0. The molecule has 1 aliphatic rings. The average Bonchev–Trinajstić information content (AvgIpc) is 3.16. The number of benzene rings is 3. The Labute approximate surface area is 222 Å². The number of hydrogen-bond acceptors (Lipinski definition) is 6. The molecule has 9 heteroatoms. The van der Waals surface area contributed by atoms with Gasteiger partial charge in [0.15, 0.2) is 0 Å². The number of aromatic nitrogens is 1. The van der Waals surface area contributed by atoms with Crippen LogP contribution in [-0.4, -0.2) is 34.9 Å². The van der Waals surface area contributed by atoms with E-state index in [4.69, 9.17) is 14.2 Å². The maximum absolute atomic E-state index is 13.7. The third-order valence-corrected chi connectivity index (χ3v) is 6.88. The van der Waals surface area contributed by atoms with Gasteiger partial charge in [-0.25, -0.2) is 0 Å². The van der Waals surface area contributed by atoms with E-state index in [2.05, 4.69) is 15.9 Å². The van der Waals surface area contributed by atoms with E-state index >= 15 is 0 Å². The third-order valence-electron chi connectivity index (χ3n) is 6.39. The molecule has 0 radical (unpaired) electrons. The number of hydrogen-bond donors (Lipinski definition) is 2. The highest BCUT2D eigenvalue weighted by molar-refractivity contribution is 9.10. The van der Waals surface area contributed by atoms with Crippen molar-refractivity contribution in [2.24, 2.45) is 0 Å². The van der Waals surface area contributed by atoms with Crippen LogP contribution < -0.4 is 19.1 Å². The highest BCUT2D eigenvalue weighted by Gasteiger charge is 2.53. The van der Waals surface area contributed by atoms with Gasteiger partial charge in [-0.1, -0.05) is 70.5 Å². The lowest BCUT2D eigenvalue weighted by Gasteiger charge is -2.48. The Kier molecular flexibility index (Phi) is 6.71. The van der Waals surface area contributed by atoms with E-state index in [-0.39, 0.29) is 17.4 Å². The summed E-state index contributed by atoms with van der Waals surface area (Å²) < 4.78 is 18.7. The van der Waals surface area contributed by atoms with Crippen LogP contribution in [-0.2, 0) is 11.4 Å². The second-order valence-electron chi connectivity index (χ2n) is 8.47. The van der Waals surface area contributed by atoms with Gasteiger partial charge in [-0.05, 0) is 29.8 Å². The molecule has 1 amide bonds. The molecule has 37 heavy (non-hydrogen) atoms. The van der Waals surface area contributed by atoms with Gasteiger partial charge in [0.25, 0.3) is 5.91 Å². The fraction of sp³-hybridized carbons (Fsp3) is 0.179. The predicted molar refractivity (Wildman–Crippen MR) is 141 cm³/mol. The molecule has 1 aliphatic heterocycles. The van der Waals surface area contributed by atoms with E-state index in [9.17, 15) is 15.0 Å². The normalized spacial score (nSPS) is 16.8. The molecule has 0 aliphatic carbocycles. The first kappa shape index (κ1) is 24.6. The standard InChI is InChI=1S/C28H25BrN2O6/c1-35-24-25(36-2)28(34)31(27(24)33)23-22(30(26(23)32)19-11-7-4-8-12-19)20-14-13-18(29)15-21(20)37-16-17-9-5-3-6-10-17/h3-15,22-23,33-34H,16H2,1-2H3/t22-,23?/m1/s1. The molecule has 0 saturated carbocycles. The Morgan fingerprint density at radius 3 is 2.03 bits per heavy atom. The number of aromatic hydroxyl groups is 2. The van der Waals surface area contributed by atoms with E-state index in [0.717, 1.165) is 14.6 Å². The van der Waals surface area contributed by atoms with E-state index in [1.54, 1.807) is 4.90 Å². The topological polar surface area (TPSA) is 93.4 Å². The maximum atomic E-state index is 13.7. The number of anilines is 1. The lowest BCUT2D eigenvalue weighted by Crippen LogP contribution is -2.55. The summed E-state index contributed by atoms with van der Waals surface area (Å²) in [5.74, 6) is -0.679. The number of rotatable bonds is 8. The molecule has 5 rings (SSSR count). The van der Waals surface area contributed by atoms with Crippen molar-refractivity contribution in [3.05, 3.63) is 94.5 Å². The van der Waals surface area contributed by atoms with E-state index in [1.165, 1.54) is 14.2 Å². The van der Waals surface area contributed by atoms with Crippen LogP contribution >= 0.6 is 15.9 Å². The summed E-state index contributed by atoms with van der Waals surface area (Å²) in [7, 11) is 2.70. The van der Waals surface area contributed by atoms with Gasteiger partial charge in [-0.15, -0.1) is 0 Å². The monoisotopic (exact) mass is 564 g/mol. The number of carbonyl (C=O) groups is 1. The van der Waals surface area contributed by atoms with Gasteiger partial charge in [-0.3, -0.25) is 9.36 Å². The maximum Gasteiger partial charge on any atom is 0.253 e. The van der Waals surface area contributed by atoms with Crippen LogP contribution in [0.2, 0.25) is 0 Å². The van der Waals surface area contributed by atoms with E-state index in [0.29, 0.717) is 23.6 Å². The zero-order valence-corrected chi connectivity index (χ0v) is 21.8. The molecule has 2 heterocycles. The Morgan fingerprint density at radius 1 is 0.838 bits per heavy atom. The van der Waals surface area contributed by atoms with Crippen LogP contribution in [0.15, 0.2) is 83.3 Å². The van der Waals surface area contributed by atoms with Crippen LogP contribution in [0.5, 0.6) is 29.0 Å². The van der Waals surface area contributed by atoms with Crippen LogP contribution in [0.3, 0.4) is 0 Å². The summed E-state index contributed by atoms with van der Waals surface area (Å²) in [4.78, 5) is 15.3. The number of carbonyl (C=O) groups excluding carboxylic acids is 1. The highest BCUT2D eigenvalue weighted by Crippen LogP contribution is 2.56. The van der Waals surface area contributed by atoms with E-state index < -0.39 is 23.8 Å². The zero-order valence-electron chi connectivity index (χ0n) is 20.2. The van der Waals surface area contributed by atoms with Crippen molar-refractivity contribution in [2.45, 2.75) is 18.7 Å². The van der Waals surface area contributed by atoms with Gasteiger partial charge in [0.2, 0.25) is 23.3 Å². The Hall–Kier alpha value is -4.11. The minimum atomic E-state index is -0.988. The first-order valence-electron chi connectivity index (χ1n) is 11.5. The summed E-state index contributed by atoms with van der Waals surface area (Å²) in [5.41, 5.74) is 2.37. The number of ether oxygens (including phenoxy) is 3. The molecule has 0 bridgehead atoms. The fourth-order valence-electron chi connectivity index (χ4n) is 4.68. The smallest absolute Gasteiger partial charge is 0.253 e.